The van der Waals surface area contributed by atoms with Gasteiger partial charge in [-0.3, -0.25) is 4.79 Å². The number of benzene rings is 1. The molecule has 3 nitrogen and oxygen atoms in total. The van der Waals surface area contributed by atoms with Crippen LogP contribution in [0.15, 0.2) is 12.1 Å². The van der Waals surface area contributed by atoms with Crippen molar-refractivity contribution in [3.8, 4) is 11.5 Å². The van der Waals surface area contributed by atoms with Crippen molar-refractivity contribution < 1.29 is 18.7 Å². The Morgan fingerprint density at radius 1 is 1.29 bits per heavy atom. The smallest absolute Gasteiger partial charge is 0.164 e. The van der Waals surface area contributed by atoms with Gasteiger partial charge in [-0.1, -0.05) is 0 Å². The standard InChI is InChI=1S/C10H9FO3/c1-6(12)7-4-9-10(5-8(7)11)14-3-2-13-9/h4-5H,2-3H2,1H3. The maximum absolute atomic E-state index is 13.3. The predicted molar refractivity (Wildman–Crippen MR) is 47.4 cm³/mol. The molecule has 0 amide bonds. The lowest BCUT2D eigenvalue weighted by Gasteiger charge is -2.18. The van der Waals surface area contributed by atoms with Gasteiger partial charge in [0.25, 0.3) is 0 Å². The van der Waals surface area contributed by atoms with Gasteiger partial charge in [0.15, 0.2) is 17.3 Å². The van der Waals surface area contributed by atoms with Crippen LogP contribution >= 0.6 is 0 Å². The maximum atomic E-state index is 13.3. The Morgan fingerprint density at radius 3 is 2.43 bits per heavy atom. The SMILES string of the molecule is CC(=O)c1cc2c(cc1F)OCCO2. The van der Waals surface area contributed by atoms with E-state index in [4.69, 9.17) is 9.47 Å². The molecule has 4 heteroatoms. The summed E-state index contributed by atoms with van der Waals surface area (Å²) in [5, 5.41) is 0. The Balaban J connectivity index is 2.50. The molecule has 0 fully saturated rings. The molecule has 1 aliphatic rings. The van der Waals surface area contributed by atoms with Crippen LogP contribution in [-0.2, 0) is 0 Å². The molecule has 0 radical (unpaired) electrons. The van der Waals surface area contributed by atoms with Gasteiger partial charge in [-0.2, -0.15) is 0 Å². The summed E-state index contributed by atoms with van der Waals surface area (Å²) in [6, 6.07) is 2.57. The Labute approximate surface area is 80.4 Å². The maximum Gasteiger partial charge on any atom is 0.164 e. The first-order valence-corrected chi connectivity index (χ1v) is 4.28. The molecule has 0 N–H and O–H groups in total. The zero-order chi connectivity index (χ0) is 10.1. The number of Topliss-reactive ketones (excluding diaryl/α,β-unsaturated/α-hetero) is 1. The summed E-state index contributed by atoms with van der Waals surface area (Å²) in [7, 11) is 0. The minimum absolute atomic E-state index is 0.0363. The van der Waals surface area contributed by atoms with Crippen LogP contribution in [0.25, 0.3) is 0 Å². The Hall–Kier alpha value is -1.58. The number of rotatable bonds is 1. The van der Waals surface area contributed by atoms with Crippen molar-refractivity contribution in [1.29, 1.82) is 0 Å². The molecule has 0 saturated carbocycles. The van der Waals surface area contributed by atoms with Crippen LogP contribution in [0, 0.1) is 5.82 Å². The number of halogens is 1. The van der Waals surface area contributed by atoms with Crippen molar-refractivity contribution >= 4 is 5.78 Å². The van der Waals surface area contributed by atoms with Gasteiger partial charge in [-0.15, -0.1) is 0 Å². The molecule has 0 unspecified atom stereocenters. The number of carbonyl (C=O) groups is 1. The van der Waals surface area contributed by atoms with Crippen LogP contribution in [-0.4, -0.2) is 19.0 Å². The topological polar surface area (TPSA) is 35.5 Å². The molecule has 0 atom stereocenters. The first-order valence-electron chi connectivity index (χ1n) is 4.28. The third-order valence-corrected chi connectivity index (χ3v) is 2.01. The van der Waals surface area contributed by atoms with E-state index in [0.29, 0.717) is 24.7 Å². The lowest BCUT2D eigenvalue weighted by molar-refractivity contribution is 0.101. The first kappa shape index (κ1) is 8.99. The highest BCUT2D eigenvalue weighted by atomic mass is 19.1. The van der Waals surface area contributed by atoms with E-state index in [9.17, 15) is 9.18 Å². The lowest BCUT2D eigenvalue weighted by atomic mass is 10.1. The third kappa shape index (κ3) is 1.43. The van der Waals surface area contributed by atoms with Crippen molar-refractivity contribution in [2.24, 2.45) is 0 Å². The van der Waals surface area contributed by atoms with E-state index in [-0.39, 0.29) is 11.3 Å². The molecule has 1 heterocycles. The highest BCUT2D eigenvalue weighted by Crippen LogP contribution is 2.32. The van der Waals surface area contributed by atoms with Gasteiger partial charge in [0.2, 0.25) is 0 Å². The van der Waals surface area contributed by atoms with Crippen LogP contribution in [0.4, 0.5) is 4.39 Å². The Kier molecular flexibility index (Phi) is 2.11. The lowest BCUT2D eigenvalue weighted by Crippen LogP contribution is -2.16. The second kappa shape index (κ2) is 3.29. The van der Waals surface area contributed by atoms with Crippen molar-refractivity contribution in [1.82, 2.24) is 0 Å². The normalized spacial score (nSPS) is 13.9. The summed E-state index contributed by atoms with van der Waals surface area (Å²) >= 11 is 0. The minimum atomic E-state index is -0.568. The molecule has 0 bridgehead atoms. The molecular weight excluding hydrogens is 187 g/mol. The average Bonchev–Trinajstić information content (AvgIpc) is 2.16. The second-order valence-electron chi connectivity index (χ2n) is 3.03. The molecule has 2 rings (SSSR count). The van der Waals surface area contributed by atoms with Gasteiger partial charge >= 0.3 is 0 Å². The van der Waals surface area contributed by atoms with E-state index in [1.54, 1.807) is 0 Å². The molecule has 0 aromatic heterocycles. The van der Waals surface area contributed by atoms with E-state index in [1.165, 1.54) is 19.1 Å². The fourth-order valence-corrected chi connectivity index (χ4v) is 1.33. The fourth-order valence-electron chi connectivity index (χ4n) is 1.33. The Bertz CT molecular complexity index is 387. The first-order chi connectivity index (χ1) is 6.68. The largest absolute Gasteiger partial charge is 0.486 e. The average molecular weight is 196 g/mol. The van der Waals surface area contributed by atoms with Gasteiger partial charge in [0, 0.05) is 6.07 Å². The molecule has 1 aliphatic heterocycles. The van der Waals surface area contributed by atoms with Crippen LogP contribution in [0.1, 0.15) is 17.3 Å². The van der Waals surface area contributed by atoms with E-state index in [2.05, 4.69) is 0 Å². The van der Waals surface area contributed by atoms with Crippen LogP contribution in [0.2, 0.25) is 0 Å². The van der Waals surface area contributed by atoms with Gasteiger partial charge in [0.05, 0.1) is 5.56 Å². The molecule has 1 aromatic carbocycles. The van der Waals surface area contributed by atoms with Crippen LogP contribution < -0.4 is 9.47 Å². The Morgan fingerprint density at radius 2 is 1.86 bits per heavy atom. The van der Waals surface area contributed by atoms with Crippen molar-refractivity contribution in [2.45, 2.75) is 6.92 Å². The van der Waals surface area contributed by atoms with E-state index in [1.807, 2.05) is 0 Å². The van der Waals surface area contributed by atoms with Gasteiger partial charge < -0.3 is 9.47 Å². The number of ketones is 1. The molecular formula is C10H9FO3. The van der Waals surface area contributed by atoms with Crippen molar-refractivity contribution in [2.75, 3.05) is 13.2 Å². The molecule has 14 heavy (non-hydrogen) atoms. The summed E-state index contributed by atoms with van der Waals surface area (Å²) in [4.78, 5) is 11.0. The number of hydrogen-bond donors (Lipinski definition) is 0. The molecule has 0 aliphatic carbocycles. The van der Waals surface area contributed by atoms with Gasteiger partial charge in [-0.05, 0) is 13.0 Å². The fraction of sp³-hybridized carbons (Fsp3) is 0.300. The van der Waals surface area contributed by atoms with Crippen LogP contribution in [0.3, 0.4) is 0 Å². The predicted octanol–water partition coefficient (Wildman–Crippen LogP) is 1.80. The highest BCUT2D eigenvalue weighted by molar-refractivity contribution is 5.95. The minimum Gasteiger partial charge on any atom is -0.486 e. The molecule has 74 valence electrons. The monoisotopic (exact) mass is 196 g/mol. The zero-order valence-electron chi connectivity index (χ0n) is 7.67. The molecule has 1 aromatic rings. The molecule has 0 saturated heterocycles. The van der Waals surface area contributed by atoms with Gasteiger partial charge in [-0.25, -0.2) is 4.39 Å². The zero-order valence-corrected chi connectivity index (χ0v) is 7.67. The quantitative estimate of drug-likeness (QED) is 0.642. The van der Waals surface area contributed by atoms with Gasteiger partial charge in [0.1, 0.15) is 19.0 Å². The van der Waals surface area contributed by atoms with Crippen molar-refractivity contribution in [3.05, 3.63) is 23.5 Å². The summed E-state index contributed by atoms with van der Waals surface area (Å²) in [6.07, 6.45) is 0. The highest BCUT2D eigenvalue weighted by Gasteiger charge is 2.17. The number of hydrogen-bond acceptors (Lipinski definition) is 3. The summed E-state index contributed by atoms with van der Waals surface area (Å²) in [5.41, 5.74) is 0.0363. The van der Waals surface area contributed by atoms with Crippen LogP contribution in [0.5, 0.6) is 11.5 Å². The van der Waals surface area contributed by atoms with Crippen molar-refractivity contribution in [3.63, 3.8) is 0 Å². The summed E-state index contributed by atoms with van der Waals surface area (Å²) < 4.78 is 23.7. The third-order valence-electron chi connectivity index (χ3n) is 2.01. The second-order valence-corrected chi connectivity index (χ2v) is 3.03. The number of carbonyl (C=O) groups excluding carboxylic acids is 1. The molecule has 0 spiro atoms. The number of ether oxygens (including phenoxy) is 2. The van der Waals surface area contributed by atoms with E-state index in [0.717, 1.165) is 0 Å². The summed E-state index contributed by atoms with van der Waals surface area (Å²) in [6.45, 7) is 2.15. The van der Waals surface area contributed by atoms with E-state index >= 15 is 0 Å². The van der Waals surface area contributed by atoms with E-state index < -0.39 is 5.82 Å². The summed E-state index contributed by atoms with van der Waals surface area (Å²) in [5.74, 6) is -0.0946. The number of fused-ring (bicyclic) bond motifs is 1.